The summed E-state index contributed by atoms with van der Waals surface area (Å²) in [7, 11) is 3.88. The van der Waals surface area contributed by atoms with Crippen LogP contribution in [0.1, 0.15) is 12.8 Å². The average molecular weight is 236 g/mol. The van der Waals surface area contributed by atoms with Crippen LogP contribution < -0.4 is 10.2 Å². The number of nitrogens with one attached hydrogen (secondary N) is 1. The standard InChI is InChI=1S/C14H24N2O/c1-16(14-8-4-3-5-9-14)12-6-10-15-11-7-13-17-2/h3-5,8-9,15H,6-7,10-13H2,1-2H3. The molecule has 0 radical (unpaired) electrons. The van der Waals surface area contributed by atoms with Gasteiger partial charge in [-0.25, -0.2) is 0 Å². The van der Waals surface area contributed by atoms with Crippen molar-refractivity contribution in [2.24, 2.45) is 0 Å². The molecule has 0 heterocycles. The molecule has 1 rings (SSSR count). The summed E-state index contributed by atoms with van der Waals surface area (Å²) in [5.41, 5.74) is 1.28. The highest BCUT2D eigenvalue weighted by atomic mass is 16.5. The van der Waals surface area contributed by atoms with Crippen molar-refractivity contribution in [1.82, 2.24) is 5.32 Å². The van der Waals surface area contributed by atoms with Crippen molar-refractivity contribution in [2.75, 3.05) is 45.3 Å². The van der Waals surface area contributed by atoms with Crippen molar-refractivity contribution in [3.63, 3.8) is 0 Å². The SMILES string of the molecule is COCCCNCCCN(C)c1ccccc1. The summed E-state index contributed by atoms with van der Waals surface area (Å²) in [6.45, 7) is 4.04. The van der Waals surface area contributed by atoms with E-state index in [2.05, 4.69) is 47.6 Å². The summed E-state index contributed by atoms with van der Waals surface area (Å²) in [5.74, 6) is 0. The van der Waals surface area contributed by atoms with Crippen LogP contribution in [0, 0.1) is 0 Å². The Morgan fingerprint density at radius 3 is 2.53 bits per heavy atom. The van der Waals surface area contributed by atoms with Gasteiger partial charge in [-0.1, -0.05) is 18.2 Å². The average Bonchev–Trinajstić information content (AvgIpc) is 2.38. The molecule has 96 valence electrons. The first-order valence-corrected chi connectivity index (χ1v) is 6.30. The first kappa shape index (κ1) is 14.0. The lowest BCUT2D eigenvalue weighted by molar-refractivity contribution is 0.194. The molecule has 0 aliphatic heterocycles. The fraction of sp³-hybridized carbons (Fsp3) is 0.571. The molecule has 0 atom stereocenters. The zero-order valence-electron chi connectivity index (χ0n) is 11.0. The van der Waals surface area contributed by atoms with Gasteiger partial charge in [-0.05, 0) is 38.1 Å². The fourth-order valence-corrected chi connectivity index (χ4v) is 1.72. The van der Waals surface area contributed by atoms with Gasteiger partial charge in [0.25, 0.3) is 0 Å². The van der Waals surface area contributed by atoms with Gasteiger partial charge < -0.3 is 15.0 Å². The maximum atomic E-state index is 5.00. The lowest BCUT2D eigenvalue weighted by atomic mass is 10.3. The first-order valence-electron chi connectivity index (χ1n) is 6.30. The van der Waals surface area contributed by atoms with Crippen LogP contribution in [0.4, 0.5) is 5.69 Å². The normalized spacial score (nSPS) is 10.5. The van der Waals surface area contributed by atoms with Crippen molar-refractivity contribution in [3.05, 3.63) is 30.3 Å². The number of ether oxygens (including phenoxy) is 1. The molecule has 3 nitrogen and oxygen atoms in total. The highest BCUT2D eigenvalue weighted by molar-refractivity contribution is 5.44. The van der Waals surface area contributed by atoms with E-state index in [1.54, 1.807) is 7.11 Å². The fourth-order valence-electron chi connectivity index (χ4n) is 1.72. The molecule has 0 aromatic heterocycles. The first-order chi connectivity index (χ1) is 8.34. The van der Waals surface area contributed by atoms with Gasteiger partial charge in [0.05, 0.1) is 0 Å². The minimum absolute atomic E-state index is 0.844. The summed E-state index contributed by atoms with van der Waals surface area (Å²) in [6, 6.07) is 10.5. The number of methoxy groups -OCH3 is 1. The number of anilines is 1. The van der Waals surface area contributed by atoms with E-state index in [1.165, 1.54) is 12.1 Å². The number of hydrogen-bond donors (Lipinski definition) is 1. The minimum Gasteiger partial charge on any atom is -0.385 e. The van der Waals surface area contributed by atoms with Gasteiger partial charge in [0, 0.05) is 33.0 Å². The Bertz CT molecular complexity index is 277. The third-order valence-corrected chi connectivity index (χ3v) is 2.75. The second-order valence-corrected chi connectivity index (χ2v) is 4.21. The number of hydrogen-bond acceptors (Lipinski definition) is 3. The number of benzene rings is 1. The Morgan fingerprint density at radius 2 is 1.82 bits per heavy atom. The summed E-state index contributed by atoms with van der Waals surface area (Å²) < 4.78 is 5.00. The molecule has 0 amide bonds. The molecule has 0 saturated heterocycles. The predicted octanol–water partition coefficient (Wildman–Crippen LogP) is 2.14. The number of para-hydroxylation sites is 1. The van der Waals surface area contributed by atoms with Gasteiger partial charge in [0.1, 0.15) is 0 Å². The quantitative estimate of drug-likeness (QED) is 0.665. The molecule has 1 aromatic carbocycles. The van der Waals surface area contributed by atoms with Crippen molar-refractivity contribution >= 4 is 5.69 Å². The Balaban J connectivity index is 2.03. The van der Waals surface area contributed by atoms with Crippen LogP contribution in [0.15, 0.2) is 30.3 Å². The molecule has 0 unspecified atom stereocenters. The van der Waals surface area contributed by atoms with Gasteiger partial charge in [-0.15, -0.1) is 0 Å². The van der Waals surface area contributed by atoms with E-state index in [1.807, 2.05) is 0 Å². The van der Waals surface area contributed by atoms with Crippen molar-refractivity contribution in [3.8, 4) is 0 Å². The lowest BCUT2D eigenvalue weighted by Crippen LogP contribution is -2.24. The van der Waals surface area contributed by atoms with Crippen LogP contribution in [-0.4, -0.2) is 40.4 Å². The van der Waals surface area contributed by atoms with Crippen molar-refractivity contribution < 1.29 is 4.74 Å². The molecular weight excluding hydrogens is 212 g/mol. The molecule has 0 fully saturated rings. The molecule has 1 N–H and O–H groups in total. The van der Waals surface area contributed by atoms with Gasteiger partial charge in [0.15, 0.2) is 0 Å². The Hall–Kier alpha value is -1.06. The molecule has 0 spiro atoms. The van der Waals surface area contributed by atoms with Crippen LogP contribution in [-0.2, 0) is 4.74 Å². The maximum absolute atomic E-state index is 5.00. The molecule has 0 bridgehead atoms. The minimum atomic E-state index is 0.844. The van der Waals surface area contributed by atoms with E-state index in [9.17, 15) is 0 Å². The summed E-state index contributed by atoms with van der Waals surface area (Å²) in [6.07, 6.45) is 2.25. The van der Waals surface area contributed by atoms with Crippen molar-refractivity contribution in [1.29, 1.82) is 0 Å². The molecule has 0 aliphatic carbocycles. The zero-order chi connectivity index (χ0) is 12.3. The molecule has 3 heteroatoms. The lowest BCUT2D eigenvalue weighted by Gasteiger charge is -2.19. The van der Waals surface area contributed by atoms with E-state index in [-0.39, 0.29) is 0 Å². The third kappa shape index (κ3) is 6.29. The summed E-state index contributed by atoms with van der Waals surface area (Å²) in [4.78, 5) is 2.29. The molecule has 17 heavy (non-hydrogen) atoms. The van der Waals surface area contributed by atoms with Crippen LogP contribution >= 0.6 is 0 Å². The molecule has 0 aliphatic rings. The smallest absolute Gasteiger partial charge is 0.0474 e. The van der Waals surface area contributed by atoms with Gasteiger partial charge in [-0.3, -0.25) is 0 Å². The summed E-state index contributed by atoms with van der Waals surface area (Å²) >= 11 is 0. The summed E-state index contributed by atoms with van der Waals surface area (Å²) in [5, 5.41) is 3.42. The van der Waals surface area contributed by atoms with Crippen molar-refractivity contribution in [2.45, 2.75) is 12.8 Å². The predicted molar refractivity (Wildman–Crippen MR) is 73.7 cm³/mol. The van der Waals surface area contributed by atoms with E-state index in [0.717, 1.165) is 32.7 Å². The van der Waals surface area contributed by atoms with Crippen LogP contribution in [0.2, 0.25) is 0 Å². The second-order valence-electron chi connectivity index (χ2n) is 4.21. The topological polar surface area (TPSA) is 24.5 Å². The molecule has 1 aromatic rings. The van der Waals surface area contributed by atoms with E-state index >= 15 is 0 Å². The van der Waals surface area contributed by atoms with E-state index in [4.69, 9.17) is 4.74 Å². The number of nitrogens with zero attached hydrogens (tertiary/aromatic N) is 1. The highest BCUT2D eigenvalue weighted by Gasteiger charge is 1.98. The Morgan fingerprint density at radius 1 is 1.12 bits per heavy atom. The monoisotopic (exact) mass is 236 g/mol. The van der Waals surface area contributed by atoms with Gasteiger partial charge in [-0.2, -0.15) is 0 Å². The maximum Gasteiger partial charge on any atom is 0.0474 e. The second kappa shape index (κ2) is 9.02. The van der Waals surface area contributed by atoms with E-state index in [0.29, 0.717) is 0 Å². The largest absolute Gasteiger partial charge is 0.385 e. The Labute approximate surface area is 105 Å². The van der Waals surface area contributed by atoms with Gasteiger partial charge >= 0.3 is 0 Å². The zero-order valence-corrected chi connectivity index (χ0v) is 11.0. The third-order valence-electron chi connectivity index (χ3n) is 2.75. The highest BCUT2D eigenvalue weighted by Crippen LogP contribution is 2.10. The van der Waals surface area contributed by atoms with Crippen LogP contribution in [0.25, 0.3) is 0 Å². The van der Waals surface area contributed by atoms with Gasteiger partial charge in [0.2, 0.25) is 0 Å². The van der Waals surface area contributed by atoms with Crippen LogP contribution in [0.3, 0.4) is 0 Å². The van der Waals surface area contributed by atoms with E-state index < -0.39 is 0 Å². The number of rotatable bonds is 9. The Kier molecular flexibility index (Phi) is 7.43. The molecule has 0 saturated carbocycles. The molecular formula is C14H24N2O. The van der Waals surface area contributed by atoms with Crippen LogP contribution in [0.5, 0.6) is 0 Å².